The van der Waals surface area contributed by atoms with Crippen molar-refractivity contribution < 1.29 is 0 Å². The van der Waals surface area contributed by atoms with Crippen LogP contribution in [0.1, 0.15) is 53.3 Å². The Kier molecular flexibility index (Phi) is 6.73. The highest BCUT2D eigenvalue weighted by atomic mass is 15.0. The predicted molar refractivity (Wildman–Crippen MR) is 231 cm³/mol. The van der Waals surface area contributed by atoms with Crippen molar-refractivity contribution in [1.82, 2.24) is 4.57 Å². The first-order chi connectivity index (χ1) is 26.9. The molecule has 7 aromatic rings. The Morgan fingerprint density at radius 1 is 0.691 bits per heavy atom. The molecule has 0 aliphatic heterocycles. The van der Waals surface area contributed by atoms with Crippen molar-refractivity contribution in [2.45, 2.75) is 25.2 Å². The molecule has 0 radical (unpaired) electrons. The van der Waals surface area contributed by atoms with Gasteiger partial charge in [0.25, 0.3) is 0 Å². The summed E-state index contributed by atoms with van der Waals surface area (Å²) >= 11 is 0. The minimum atomic E-state index is 0.0628. The van der Waals surface area contributed by atoms with Crippen LogP contribution in [0.15, 0.2) is 175 Å². The Balaban J connectivity index is 0.958. The van der Waals surface area contributed by atoms with Gasteiger partial charge in [-0.1, -0.05) is 154 Å². The molecular formula is C52H39N3. The summed E-state index contributed by atoms with van der Waals surface area (Å²) in [7, 11) is 0. The number of hydrogen-bond donors (Lipinski definition) is 1. The minimum Gasteiger partial charge on any atom is -0.398 e. The van der Waals surface area contributed by atoms with Crippen molar-refractivity contribution in [3.63, 3.8) is 0 Å². The fraction of sp³-hybridized carbons (Fsp3) is 0.0962. The van der Waals surface area contributed by atoms with Gasteiger partial charge in [0, 0.05) is 33.8 Å². The molecule has 0 fully saturated rings. The van der Waals surface area contributed by atoms with Crippen molar-refractivity contribution in [3.05, 3.63) is 203 Å². The third-order valence-corrected chi connectivity index (χ3v) is 12.7. The molecule has 0 bridgehead atoms. The van der Waals surface area contributed by atoms with E-state index in [9.17, 15) is 0 Å². The van der Waals surface area contributed by atoms with Crippen molar-refractivity contribution in [3.8, 4) is 27.9 Å². The second-order valence-electron chi connectivity index (χ2n) is 15.8. The topological polar surface area (TPSA) is 43.3 Å². The highest BCUT2D eigenvalue weighted by molar-refractivity contribution is 6.21. The van der Waals surface area contributed by atoms with Crippen LogP contribution in [-0.2, 0) is 5.41 Å². The largest absolute Gasteiger partial charge is 0.398 e. The maximum absolute atomic E-state index is 7.09. The zero-order chi connectivity index (χ0) is 37.0. The highest BCUT2D eigenvalue weighted by Crippen LogP contribution is 2.58. The first kappa shape index (κ1) is 31.8. The zero-order valence-corrected chi connectivity index (χ0v) is 30.9. The third kappa shape index (κ3) is 4.47. The molecule has 6 aromatic carbocycles. The monoisotopic (exact) mass is 705 g/mol. The molecule has 0 saturated carbocycles. The number of fused-ring (bicyclic) bond motifs is 10. The zero-order valence-electron chi connectivity index (χ0n) is 30.9. The quantitative estimate of drug-likeness (QED) is 0.195. The predicted octanol–water partition coefficient (Wildman–Crippen LogP) is 12.4. The summed E-state index contributed by atoms with van der Waals surface area (Å²) in [4.78, 5) is 5.11. The molecule has 11 rings (SSSR count). The lowest BCUT2D eigenvalue weighted by atomic mass is 9.71. The normalized spacial score (nSPS) is 19.8. The number of aliphatic imine (C=N–C) groups is 1. The molecule has 3 nitrogen and oxygen atoms in total. The van der Waals surface area contributed by atoms with E-state index < -0.39 is 0 Å². The van der Waals surface area contributed by atoms with Crippen molar-refractivity contribution in [1.29, 1.82) is 0 Å². The van der Waals surface area contributed by atoms with Crippen LogP contribution >= 0.6 is 0 Å². The van der Waals surface area contributed by atoms with Crippen LogP contribution in [0.25, 0.3) is 67.1 Å². The van der Waals surface area contributed by atoms with Gasteiger partial charge in [0.1, 0.15) is 0 Å². The van der Waals surface area contributed by atoms with Crippen molar-refractivity contribution in [2.24, 2.45) is 16.6 Å². The summed E-state index contributed by atoms with van der Waals surface area (Å²) in [6.45, 7) is 9.25. The number of rotatable bonds is 4. The Hall–Kier alpha value is -6.71. The molecular weight excluding hydrogens is 667 g/mol. The lowest BCUT2D eigenvalue weighted by Gasteiger charge is -2.32. The van der Waals surface area contributed by atoms with Gasteiger partial charge < -0.3 is 10.3 Å². The van der Waals surface area contributed by atoms with E-state index in [-0.39, 0.29) is 5.41 Å². The maximum atomic E-state index is 7.09. The average Bonchev–Trinajstić information content (AvgIpc) is 3.82. The SMILES string of the molecule is C=C(/N=C1/C=CC=C/C1=C(/N)c1ccc2c3c(cccc13)-c1ccccc1-2)c1ccc(-n2c3c(c4ccccc42)C2c4ccccc4C(C)(C)C2C=C3)cc1. The van der Waals surface area contributed by atoms with E-state index >= 15 is 0 Å². The summed E-state index contributed by atoms with van der Waals surface area (Å²) in [6.07, 6.45) is 12.9. The summed E-state index contributed by atoms with van der Waals surface area (Å²) in [5.74, 6) is 0.730. The van der Waals surface area contributed by atoms with E-state index in [1.165, 1.54) is 60.9 Å². The lowest BCUT2D eigenvalue weighted by Crippen LogP contribution is -2.26. The molecule has 1 heterocycles. The van der Waals surface area contributed by atoms with Crippen LogP contribution in [-0.4, -0.2) is 10.3 Å². The molecule has 4 aliphatic rings. The van der Waals surface area contributed by atoms with Crippen LogP contribution in [0.2, 0.25) is 0 Å². The van der Waals surface area contributed by atoms with Gasteiger partial charge in [0.15, 0.2) is 0 Å². The molecule has 2 N–H and O–H groups in total. The Bertz CT molecular complexity index is 2950. The second-order valence-corrected chi connectivity index (χ2v) is 15.8. The number of benzene rings is 6. The number of para-hydroxylation sites is 1. The molecule has 4 aliphatic carbocycles. The summed E-state index contributed by atoms with van der Waals surface area (Å²) in [5.41, 5.74) is 25.2. The van der Waals surface area contributed by atoms with Crippen molar-refractivity contribution >= 4 is 44.9 Å². The summed E-state index contributed by atoms with van der Waals surface area (Å²) in [6, 6.07) is 46.2. The number of allylic oxidation sites excluding steroid dienone is 6. The van der Waals surface area contributed by atoms with Gasteiger partial charge in [-0.2, -0.15) is 0 Å². The van der Waals surface area contributed by atoms with Gasteiger partial charge in [-0.05, 0) is 97.0 Å². The molecule has 55 heavy (non-hydrogen) atoms. The second kappa shape index (κ2) is 11.6. The standard InChI is InChI=1S/C52H39N3/c1-31(54-45-21-10-7-16-41(45)51(53)39-28-27-38-35-14-5-4-13-34(35)36-18-12-19-37(39)48(36)38)32-23-25-33(26-24-32)55-46-22-11-8-17-42(46)50-47(55)30-29-44-49(50)40-15-6-9-20-43(40)52(44,2)3/h4-30,44,49H,1,53H2,2-3H3/b51-41-,54-45-. The Morgan fingerprint density at radius 3 is 2.22 bits per heavy atom. The molecule has 3 heteroatoms. The van der Waals surface area contributed by atoms with Gasteiger partial charge in [-0.15, -0.1) is 0 Å². The number of nitrogens with two attached hydrogens (primary N) is 1. The van der Waals surface area contributed by atoms with Crippen LogP contribution in [0.5, 0.6) is 0 Å². The molecule has 0 saturated heterocycles. The number of hydrogen-bond acceptors (Lipinski definition) is 2. The molecule has 0 amide bonds. The van der Waals surface area contributed by atoms with Gasteiger partial charge in [-0.3, -0.25) is 0 Å². The smallest absolute Gasteiger partial charge is 0.0730 e. The van der Waals surface area contributed by atoms with Crippen molar-refractivity contribution in [2.75, 3.05) is 0 Å². The van der Waals surface area contributed by atoms with Gasteiger partial charge >= 0.3 is 0 Å². The van der Waals surface area contributed by atoms with E-state index in [2.05, 4.69) is 171 Å². The van der Waals surface area contributed by atoms with E-state index in [0.717, 1.165) is 33.5 Å². The van der Waals surface area contributed by atoms with Crippen LogP contribution in [0.3, 0.4) is 0 Å². The van der Waals surface area contributed by atoms with Gasteiger partial charge in [0.2, 0.25) is 0 Å². The van der Waals surface area contributed by atoms with Crippen LogP contribution in [0, 0.1) is 5.92 Å². The third-order valence-electron chi connectivity index (χ3n) is 12.7. The fourth-order valence-electron chi connectivity index (χ4n) is 10.1. The average molecular weight is 706 g/mol. The Labute approximate surface area is 321 Å². The summed E-state index contributed by atoms with van der Waals surface area (Å²) in [5, 5.41) is 3.73. The summed E-state index contributed by atoms with van der Waals surface area (Å²) < 4.78 is 2.43. The molecule has 2 unspecified atom stereocenters. The number of nitrogens with zero attached hydrogens (tertiary/aromatic N) is 2. The molecule has 262 valence electrons. The first-order valence-corrected chi connectivity index (χ1v) is 19.2. The van der Waals surface area contributed by atoms with E-state index in [1.807, 2.05) is 18.2 Å². The van der Waals surface area contributed by atoms with Gasteiger partial charge in [0.05, 0.1) is 22.6 Å². The van der Waals surface area contributed by atoms with Gasteiger partial charge in [-0.25, -0.2) is 4.99 Å². The maximum Gasteiger partial charge on any atom is 0.0730 e. The minimum absolute atomic E-state index is 0.0628. The Morgan fingerprint density at radius 2 is 1.38 bits per heavy atom. The van der Waals surface area contributed by atoms with Crippen LogP contribution in [0.4, 0.5) is 0 Å². The number of aromatic nitrogens is 1. The molecule has 2 atom stereocenters. The van der Waals surface area contributed by atoms with Crippen LogP contribution < -0.4 is 5.73 Å². The fourth-order valence-corrected chi connectivity index (χ4v) is 10.1. The van der Waals surface area contributed by atoms with E-state index in [0.29, 0.717) is 23.2 Å². The highest BCUT2D eigenvalue weighted by Gasteiger charge is 2.48. The lowest BCUT2D eigenvalue weighted by molar-refractivity contribution is 0.391. The first-order valence-electron chi connectivity index (χ1n) is 19.2. The molecule has 1 aromatic heterocycles. The molecule has 0 spiro atoms. The van der Waals surface area contributed by atoms with E-state index in [4.69, 9.17) is 10.7 Å². The van der Waals surface area contributed by atoms with E-state index in [1.54, 1.807) is 0 Å².